The van der Waals surface area contributed by atoms with Gasteiger partial charge in [-0.1, -0.05) is 19.3 Å². The van der Waals surface area contributed by atoms with E-state index in [1.807, 2.05) is 0 Å². The predicted octanol–water partition coefficient (Wildman–Crippen LogP) is 1.46. The number of nitrogens with zero attached hydrogens (tertiary/aromatic N) is 3. The first kappa shape index (κ1) is 10.9. The summed E-state index contributed by atoms with van der Waals surface area (Å²) >= 11 is 0. The van der Waals surface area contributed by atoms with E-state index >= 15 is 0 Å². The quantitative estimate of drug-likeness (QED) is 0.642. The van der Waals surface area contributed by atoms with Crippen molar-refractivity contribution in [2.24, 2.45) is 0 Å². The zero-order chi connectivity index (χ0) is 10.5. The van der Waals surface area contributed by atoms with Crippen molar-refractivity contribution >= 4 is 0 Å². The van der Waals surface area contributed by atoms with Crippen LogP contribution in [0, 0.1) is 11.3 Å². The van der Waals surface area contributed by atoms with Gasteiger partial charge in [0.15, 0.2) is 0 Å². The fourth-order valence-electron chi connectivity index (χ4n) is 2.83. The van der Waals surface area contributed by atoms with Crippen molar-refractivity contribution in [3.05, 3.63) is 0 Å². The molecule has 84 valence electrons. The van der Waals surface area contributed by atoms with Crippen molar-refractivity contribution in [1.29, 1.82) is 5.26 Å². The van der Waals surface area contributed by atoms with Crippen LogP contribution in [0.25, 0.3) is 0 Å². The maximum Gasteiger partial charge on any atom is 0.0866 e. The SMILES string of the molecule is N#CCN1CCN(C2CCCCC2)CC1. The third kappa shape index (κ3) is 2.93. The average molecular weight is 207 g/mol. The normalized spacial score (nSPS) is 26.3. The second kappa shape index (κ2) is 5.48. The zero-order valence-electron chi connectivity index (χ0n) is 9.49. The van der Waals surface area contributed by atoms with Crippen molar-refractivity contribution in [3.8, 4) is 6.07 Å². The van der Waals surface area contributed by atoms with Gasteiger partial charge in [-0.3, -0.25) is 9.80 Å². The van der Waals surface area contributed by atoms with Gasteiger partial charge in [0, 0.05) is 32.2 Å². The van der Waals surface area contributed by atoms with E-state index in [2.05, 4.69) is 15.9 Å². The molecule has 2 fully saturated rings. The van der Waals surface area contributed by atoms with Crippen LogP contribution in [0.4, 0.5) is 0 Å². The number of rotatable bonds is 2. The minimum atomic E-state index is 0.610. The molecule has 0 spiro atoms. The molecule has 1 saturated heterocycles. The van der Waals surface area contributed by atoms with Gasteiger partial charge in [-0.2, -0.15) is 5.26 Å². The van der Waals surface area contributed by atoms with Crippen molar-refractivity contribution in [2.75, 3.05) is 32.7 Å². The van der Waals surface area contributed by atoms with E-state index in [9.17, 15) is 0 Å². The minimum Gasteiger partial charge on any atom is -0.298 e. The van der Waals surface area contributed by atoms with Gasteiger partial charge < -0.3 is 0 Å². The summed E-state index contributed by atoms with van der Waals surface area (Å²) in [7, 11) is 0. The van der Waals surface area contributed by atoms with Crippen molar-refractivity contribution in [2.45, 2.75) is 38.1 Å². The van der Waals surface area contributed by atoms with Gasteiger partial charge in [0.1, 0.15) is 0 Å². The van der Waals surface area contributed by atoms with Gasteiger partial charge in [0.2, 0.25) is 0 Å². The van der Waals surface area contributed by atoms with Crippen LogP contribution in [0.5, 0.6) is 0 Å². The number of nitriles is 1. The molecule has 3 heteroatoms. The molecule has 1 heterocycles. The third-order valence-electron chi connectivity index (χ3n) is 3.79. The topological polar surface area (TPSA) is 30.3 Å². The third-order valence-corrected chi connectivity index (χ3v) is 3.79. The molecule has 2 rings (SSSR count). The summed E-state index contributed by atoms with van der Waals surface area (Å²) in [6.45, 7) is 5.13. The second-order valence-electron chi connectivity index (χ2n) is 4.76. The van der Waals surface area contributed by atoms with Crippen LogP contribution in [0.1, 0.15) is 32.1 Å². The molecule has 1 aliphatic heterocycles. The Labute approximate surface area is 92.7 Å². The van der Waals surface area contributed by atoms with E-state index in [-0.39, 0.29) is 0 Å². The summed E-state index contributed by atoms with van der Waals surface area (Å²) in [5, 5.41) is 8.63. The Hall–Kier alpha value is -0.590. The first-order valence-electron chi connectivity index (χ1n) is 6.23. The molecule has 1 aliphatic carbocycles. The lowest BCUT2D eigenvalue weighted by Gasteiger charge is -2.40. The van der Waals surface area contributed by atoms with E-state index in [1.165, 1.54) is 45.2 Å². The summed E-state index contributed by atoms with van der Waals surface area (Å²) in [6, 6.07) is 3.09. The van der Waals surface area contributed by atoms with Gasteiger partial charge in [0.05, 0.1) is 12.6 Å². The maximum atomic E-state index is 8.63. The molecule has 3 nitrogen and oxygen atoms in total. The zero-order valence-corrected chi connectivity index (χ0v) is 9.49. The molecule has 0 aromatic carbocycles. The Morgan fingerprint density at radius 3 is 2.27 bits per heavy atom. The predicted molar refractivity (Wildman–Crippen MR) is 60.5 cm³/mol. The lowest BCUT2D eigenvalue weighted by Crippen LogP contribution is -2.50. The fraction of sp³-hybridized carbons (Fsp3) is 0.917. The highest BCUT2D eigenvalue weighted by atomic mass is 15.3. The summed E-state index contributed by atoms with van der Waals surface area (Å²) in [5.41, 5.74) is 0. The van der Waals surface area contributed by atoms with Crippen LogP contribution < -0.4 is 0 Å². The fourth-order valence-corrected chi connectivity index (χ4v) is 2.83. The summed E-state index contributed by atoms with van der Waals surface area (Å²) in [5.74, 6) is 0. The van der Waals surface area contributed by atoms with Gasteiger partial charge >= 0.3 is 0 Å². The van der Waals surface area contributed by atoms with Crippen LogP contribution in [0.2, 0.25) is 0 Å². The second-order valence-corrected chi connectivity index (χ2v) is 4.76. The lowest BCUT2D eigenvalue weighted by atomic mass is 9.94. The molecule has 1 saturated carbocycles. The van der Waals surface area contributed by atoms with Crippen molar-refractivity contribution < 1.29 is 0 Å². The van der Waals surface area contributed by atoms with E-state index in [1.54, 1.807) is 0 Å². The molecule has 0 N–H and O–H groups in total. The molecule has 0 atom stereocenters. The molecule has 2 aliphatic rings. The summed E-state index contributed by atoms with van der Waals surface area (Å²) in [4.78, 5) is 4.91. The smallest absolute Gasteiger partial charge is 0.0866 e. The summed E-state index contributed by atoms with van der Waals surface area (Å²) < 4.78 is 0. The number of hydrogen-bond donors (Lipinski definition) is 0. The number of piperazine rings is 1. The Balaban J connectivity index is 1.75. The van der Waals surface area contributed by atoms with Crippen molar-refractivity contribution in [3.63, 3.8) is 0 Å². The highest BCUT2D eigenvalue weighted by Crippen LogP contribution is 2.23. The van der Waals surface area contributed by atoms with Gasteiger partial charge in [-0.05, 0) is 12.8 Å². The highest BCUT2D eigenvalue weighted by Gasteiger charge is 2.24. The maximum absolute atomic E-state index is 8.63. The molecule has 15 heavy (non-hydrogen) atoms. The Morgan fingerprint density at radius 2 is 1.67 bits per heavy atom. The minimum absolute atomic E-state index is 0.610. The van der Waals surface area contributed by atoms with Gasteiger partial charge in [-0.15, -0.1) is 0 Å². The first-order valence-corrected chi connectivity index (χ1v) is 6.23. The number of hydrogen-bond acceptors (Lipinski definition) is 3. The van der Waals surface area contributed by atoms with Crippen LogP contribution >= 0.6 is 0 Å². The van der Waals surface area contributed by atoms with Gasteiger partial charge in [0.25, 0.3) is 0 Å². The Morgan fingerprint density at radius 1 is 1.00 bits per heavy atom. The average Bonchev–Trinajstić information content (AvgIpc) is 2.32. The summed E-state index contributed by atoms with van der Waals surface area (Å²) in [6.07, 6.45) is 7.08. The highest BCUT2D eigenvalue weighted by molar-refractivity contribution is 4.84. The molecule has 0 radical (unpaired) electrons. The van der Waals surface area contributed by atoms with E-state index < -0.39 is 0 Å². The lowest BCUT2D eigenvalue weighted by molar-refractivity contribution is 0.0854. The monoisotopic (exact) mass is 207 g/mol. The van der Waals surface area contributed by atoms with E-state index in [4.69, 9.17) is 5.26 Å². The van der Waals surface area contributed by atoms with Crippen molar-refractivity contribution in [1.82, 2.24) is 9.80 Å². The van der Waals surface area contributed by atoms with Crippen LogP contribution in [0.3, 0.4) is 0 Å². The van der Waals surface area contributed by atoms with Crippen LogP contribution in [0.15, 0.2) is 0 Å². The van der Waals surface area contributed by atoms with E-state index in [0.717, 1.165) is 19.1 Å². The molecule has 0 unspecified atom stereocenters. The van der Waals surface area contributed by atoms with Crippen LogP contribution in [-0.2, 0) is 0 Å². The van der Waals surface area contributed by atoms with Crippen LogP contribution in [-0.4, -0.2) is 48.6 Å². The molecular formula is C12H21N3. The molecule has 0 amide bonds. The van der Waals surface area contributed by atoms with Gasteiger partial charge in [-0.25, -0.2) is 0 Å². The molecule has 0 aromatic rings. The molecular weight excluding hydrogens is 186 g/mol. The molecule has 0 aromatic heterocycles. The van der Waals surface area contributed by atoms with E-state index in [0.29, 0.717) is 6.54 Å². The standard InChI is InChI=1S/C12H21N3/c13-6-7-14-8-10-15(11-9-14)12-4-2-1-3-5-12/h12H,1-5,7-11H2. The Kier molecular flexibility index (Phi) is 3.99. The largest absolute Gasteiger partial charge is 0.298 e. The molecule has 0 bridgehead atoms. The Bertz CT molecular complexity index is 220. The first-order chi connectivity index (χ1) is 7.40.